The molecular weight excluding hydrogens is 608 g/mol. The van der Waals surface area contributed by atoms with Gasteiger partial charge in [-0.2, -0.15) is 0 Å². The Labute approximate surface area is 285 Å². The molecule has 0 saturated heterocycles. The summed E-state index contributed by atoms with van der Waals surface area (Å²) in [4.78, 5) is 9.05. The number of hydrogen-bond donors (Lipinski definition) is 2. The van der Waals surface area contributed by atoms with Crippen LogP contribution >= 0.6 is 0 Å². The van der Waals surface area contributed by atoms with Crippen molar-refractivity contribution in [3.63, 3.8) is 0 Å². The maximum absolute atomic E-state index is 10.8. The first-order valence-electron chi connectivity index (χ1n) is 15.9. The molecule has 6 aromatic carbocycles. The van der Waals surface area contributed by atoms with Crippen LogP contribution in [-0.4, -0.2) is 35.2 Å². The summed E-state index contributed by atoms with van der Waals surface area (Å²) in [5.74, 6) is 7.71. The fraction of sp³-hybridized carbons (Fsp3) is 0.0698. The van der Waals surface area contributed by atoms with Crippen molar-refractivity contribution in [1.82, 2.24) is 0 Å². The second-order valence-electron chi connectivity index (χ2n) is 11.0. The second-order valence-corrected chi connectivity index (χ2v) is 11.0. The third-order valence-corrected chi connectivity index (χ3v) is 7.53. The number of rotatable bonds is 12. The minimum atomic E-state index is 0.103. The highest BCUT2D eigenvalue weighted by atomic mass is 16.5. The Hall–Kier alpha value is -6.58. The van der Waals surface area contributed by atoms with E-state index in [0.29, 0.717) is 53.4 Å². The van der Waals surface area contributed by atoms with Crippen LogP contribution in [0.3, 0.4) is 0 Å². The molecule has 0 fully saturated rings. The SMILES string of the molecule is Oc1ccc(OCCCOc2ccc(O)c(C(=C=Nc3ccccc3)c3ccccc3)c2)cc1C(=C=Nc1ccccc1)c1ccccc1. The molecule has 2 N–H and O–H groups in total. The number of para-hydroxylation sites is 2. The van der Waals surface area contributed by atoms with E-state index in [-0.39, 0.29) is 11.5 Å². The van der Waals surface area contributed by atoms with Crippen molar-refractivity contribution in [2.45, 2.75) is 6.42 Å². The summed E-state index contributed by atoms with van der Waals surface area (Å²) >= 11 is 0. The molecule has 6 rings (SSSR count). The molecule has 0 aromatic heterocycles. The van der Waals surface area contributed by atoms with Crippen LogP contribution in [0.2, 0.25) is 0 Å². The van der Waals surface area contributed by atoms with Crippen molar-refractivity contribution >= 4 is 34.3 Å². The molecule has 240 valence electrons. The molecule has 0 saturated carbocycles. The first-order valence-corrected chi connectivity index (χ1v) is 15.9. The molecule has 49 heavy (non-hydrogen) atoms. The van der Waals surface area contributed by atoms with E-state index in [1.54, 1.807) is 36.4 Å². The number of ether oxygens (including phenoxy) is 2. The highest BCUT2D eigenvalue weighted by Crippen LogP contribution is 2.34. The molecule has 0 spiro atoms. The van der Waals surface area contributed by atoms with Crippen LogP contribution in [0.15, 0.2) is 168 Å². The van der Waals surface area contributed by atoms with Crippen LogP contribution in [0.25, 0.3) is 11.1 Å². The number of hydrogen-bond acceptors (Lipinski definition) is 6. The minimum Gasteiger partial charge on any atom is -0.507 e. The summed E-state index contributed by atoms with van der Waals surface area (Å²) in [7, 11) is 0. The monoisotopic (exact) mass is 642 g/mol. The summed E-state index contributed by atoms with van der Waals surface area (Å²) in [5.41, 5.74) is 5.69. The highest BCUT2D eigenvalue weighted by molar-refractivity contribution is 6.02. The van der Waals surface area contributed by atoms with E-state index in [9.17, 15) is 10.2 Å². The van der Waals surface area contributed by atoms with Gasteiger partial charge in [0.1, 0.15) is 23.0 Å². The predicted octanol–water partition coefficient (Wildman–Crippen LogP) is 9.81. The van der Waals surface area contributed by atoms with Crippen LogP contribution in [0.1, 0.15) is 28.7 Å². The number of phenolic OH excluding ortho intramolecular Hbond substituents is 2. The van der Waals surface area contributed by atoms with Gasteiger partial charge in [0.2, 0.25) is 0 Å². The molecule has 0 amide bonds. The number of phenols is 2. The van der Waals surface area contributed by atoms with Gasteiger partial charge in [0, 0.05) is 17.5 Å². The number of aliphatic imine (C=N–C) groups is 2. The topological polar surface area (TPSA) is 83.6 Å². The molecule has 6 aromatic rings. The fourth-order valence-corrected chi connectivity index (χ4v) is 5.07. The molecule has 0 radical (unpaired) electrons. The van der Waals surface area contributed by atoms with Gasteiger partial charge in [-0.3, -0.25) is 0 Å². The first kappa shape index (κ1) is 32.4. The zero-order valence-electron chi connectivity index (χ0n) is 26.7. The van der Waals surface area contributed by atoms with Gasteiger partial charge in [0.25, 0.3) is 0 Å². The van der Waals surface area contributed by atoms with E-state index in [1.165, 1.54) is 0 Å². The van der Waals surface area contributed by atoms with E-state index in [2.05, 4.69) is 21.7 Å². The second kappa shape index (κ2) is 16.3. The lowest BCUT2D eigenvalue weighted by molar-refractivity contribution is 0.247. The lowest BCUT2D eigenvalue weighted by Crippen LogP contribution is -2.05. The van der Waals surface area contributed by atoms with Gasteiger partial charge < -0.3 is 19.7 Å². The number of benzene rings is 6. The van der Waals surface area contributed by atoms with Gasteiger partial charge >= 0.3 is 0 Å². The predicted molar refractivity (Wildman–Crippen MR) is 197 cm³/mol. The van der Waals surface area contributed by atoms with Crippen LogP contribution in [0, 0.1) is 0 Å². The molecule has 6 nitrogen and oxygen atoms in total. The third kappa shape index (κ3) is 8.82. The summed E-state index contributed by atoms with van der Waals surface area (Å²) in [6.45, 7) is 0.771. The van der Waals surface area contributed by atoms with Gasteiger partial charge in [-0.15, -0.1) is 0 Å². The van der Waals surface area contributed by atoms with Crippen LogP contribution in [-0.2, 0) is 0 Å². The smallest absolute Gasteiger partial charge is 0.124 e. The largest absolute Gasteiger partial charge is 0.507 e. The van der Waals surface area contributed by atoms with Gasteiger partial charge in [-0.1, -0.05) is 97.1 Å². The number of aromatic hydroxyl groups is 2. The van der Waals surface area contributed by atoms with Crippen molar-refractivity contribution in [3.8, 4) is 23.0 Å². The van der Waals surface area contributed by atoms with E-state index in [1.807, 2.05) is 121 Å². The van der Waals surface area contributed by atoms with E-state index in [4.69, 9.17) is 9.47 Å². The molecule has 0 heterocycles. The minimum absolute atomic E-state index is 0.103. The Kier molecular flexibility index (Phi) is 10.8. The van der Waals surface area contributed by atoms with Crippen molar-refractivity contribution in [2.24, 2.45) is 9.98 Å². The standard InChI is InChI=1S/C43H34N2O4/c46-42-24-22-36(28-38(42)40(32-14-5-1-6-15-32)30-44-34-18-9-3-10-19-34)48-26-13-27-49-37-23-25-43(47)39(29-37)41(33-16-7-2-8-17-33)31-45-35-20-11-4-12-21-35/h1-12,14-25,28-29,46-47H,13,26-27H2. The van der Waals surface area contributed by atoms with Gasteiger partial charge in [-0.25, -0.2) is 9.98 Å². The molecule has 0 aliphatic rings. The van der Waals surface area contributed by atoms with Crippen LogP contribution < -0.4 is 9.47 Å². The van der Waals surface area contributed by atoms with Gasteiger partial charge in [0.15, 0.2) is 0 Å². The van der Waals surface area contributed by atoms with Gasteiger partial charge in [-0.05, 0) is 83.5 Å². The molecule has 0 aliphatic carbocycles. The Balaban J connectivity index is 1.15. The normalized spacial score (nSPS) is 10.3. The Bertz CT molecular complexity index is 1960. The molecule has 0 atom stereocenters. The van der Waals surface area contributed by atoms with Crippen LogP contribution in [0.4, 0.5) is 11.4 Å². The Morgan fingerprint density at radius 1 is 0.469 bits per heavy atom. The maximum atomic E-state index is 10.8. The summed E-state index contributed by atoms with van der Waals surface area (Å²) in [6.07, 6.45) is 0.597. The molecule has 0 unspecified atom stereocenters. The zero-order valence-corrected chi connectivity index (χ0v) is 26.7. The van der Waals surface area contributed by atoms with Crippen molar-refractivity contribution in [3.05, 3.63) is 180 Å². The van der Waals surface area contributed by atoms with Crippen molar-refractivity contribution in [1.29, 1.82) is 0 Å². The Morgan fingerprint density at radius 2 is 0.837 bits per heavy atom. The summed E-state index contributed by atoms with van der Waals surface area (Å²) < 4.78 is 12.1. The van der Waals surface area contributed by atoms with E-state index in [0.717, 1.165) is 22.5 Å². The first-order chi connectivity index (χ1) is 24.1. The lowest BCUT2D eigenvalue weighted by atomic mass is 9.98. The summed E-state index contributed by atoms with van der Waals surface area (Å²) in [6, 6.07) is 48.9. The fourth-order valence-electron chi connectivity index (χ4n) is 5.07. The van der Waals surface area contributed by atoms with E-state index >= 15 is 0 Å². The third-order valence-electron chi connectivity index (χ3n) is 7.53. The maximum Gasteiger partial charge on any atom is 0.124 e. The summed E-state index contributed by atoms with van der Waals surface area (Å²) in [5, 5.41) is 21.7. The molecular formula is C43H34N2O4. The average molecular weight is 643 g/mol. The van der Waals surface area contributed by atoms with Crippen LogP contribution in [0.5, 0.6) is 23.0 Å². The number of nitrogens with zero attached hydrogens (tertiary/aromatic N) is 2. The lowest BCUT2D eigenvalue weighted by Gasteiger charge is -2.13. The Morgan fingerprint density at radius 3 is 1.22 bits per heavy atom. The molecule has 0 bridgehead atoms. The van der Waals surface area contributed by atoms with Crippen molar-refractivity contribution in [2.75, 3.05) is 13.2 Å². The quantitative estimate of drug-likeness (QED) is 0.103. The molecule has 6 heteroatoms. The average Bonchev–Trinajstić information content (AvgIpc) is 3.15. The van der Waals surface area contributed by atoms with Gasteiger partial charge in [0.05, 0.1) is 35.7 Å². The van der Waals surface area contributed by atoms with Crippen molar-refractivity contribution < 1.29 is 19.7 Å². The molecule has 0 aliphatic heterocycles. The highest BCUT2D eigenvalue weighted by Gasteiger charge is 2.14. The zero-order chi connectivity index (χ0) is 33.7. The van der Waals surface area contributed by atoms with E-state index < -0.39 is 0 Å².